The average Bonchev–Trinajstić information content (AvgIpc) is 2.65. The van der Waals surface area contributed by atoms with Gasteiger partial charge in [-0.15, -0.1) is 25.3 Å². The Morgan fingerprint density at radius 3 is 1.52 bits per heavy atom. The SMILES string of the molecule is CC[C@@](OC(C)=O)([C@@](S)(OC(C)=O)C(=O)S)[C@@](CC)(OC(C)=O)[C@@H](COC(C)=O)OC(C)=O. The molecule has 0 aliphatic carbocycles. The zero-order valence-electron chi connectivity index (χ0n) is 19.6. The standard InChI is InChI=1S/C20H30O11S2/c1-8-18(29-13(5)23,16(28-12(4)22)10-27-11(3)21)19(9-2,30-14(6)24)20(33,17(26)32)31-15(7)25/h16,33H,8-10H2,1-7H3,(H,26,32)/t16-,18+,19+,20-/m1/s1. The van der Waals surface area contributed by atoms with E-state index in [9.17, 15) is 28.8 Å². The molecule has 0 unspecified atom stereocenters. The molecule has 0 fully saturated rings. The van der Waals surface area contributed by atoms with Gasteiger partial charge in [0.15, 0.2) is 11.7 Å². The highest BCUT2D eigenvalue weighted by molar-refractivity contribution is 7.99. The van der Waals surface area contributed by atoms with Crippen LogP contribution in [0.4, 0.5) is 0 Å². The third-order valence-corrected chi connectivity index (χ3v) is 5.89. The van der Waals surface area contributed by atoms with Crippen LogP contribution in [0.25, 0.3) is 0 Å². The molecule has 4 atom stereocenters. The maximum absolute atomic E-state index is 12.7. The first kappa shape index (κ1) is 30.7. The van der Waals surface area contributed by atoms with Gasteiger partial charge in [0.1, 0.15) is 6.61 Å². The van der Waals surface area contributed by atoms with Crippen molar-refractivity contribution >= 4 is 60.2 Å². The van der Waals surface area contributed by atoms with Crippen molar-refractivity contribution in [2.45, 2.75) is 83.5 Å². The summed E-state index contributed by atoms with van der Waals surface area (Å²) in [7, 11) is 0. The van der Waals surface area contributed by atoms with Gasteiger partial charge in [0, 0.05) is 34.6 Å². The summed E-state index contributed by atoms with van der Waals surface area (Å²) < 4.78 is 26.7. The second kappa shape index (κ2) is 12.3. The van der Waals surface area contributed by atoms with Crippen LogP contribution in [0, 0.1) is 0 Å². The topological polar surface area (TPSA) is 149 Å². The molecule has 188 valence electrons. The number of esters is 5. The number of carbonyl (C=O) groups excluding carboxylic acids is 6. The number of thiol groups is 2. The first-order valence-corrected chi connectivity index (χ1v) is 10.8. The Morgan fingerprint density at radius 1 is 0.727 bits per heavy atom. The largest absolute Gasteiger partial charge is 0.462 e. The second-order valence-corrected chi connectivity index (χ2v) is 8.09. The Balaban J connectivity index is 7.61. The van der Waals surface area contributed by atoms with Crippen LogP contribution in [0.15, 0.2) is 0 Å². The van der Waals surface area contributed by atoms with Crippen molar-refractivity contribution in [3.63, 3.8) is 0 Å². The summed E-state index contributed by atoms with van der Waals surface area (Å²) in [6.07, 6.45) is -2.26. The molecule has 11 nitrogen and oxygen atoms in total. The summed E-state index contributed by atoms with van der Waals surface area (Å²) in [5.74, 6) is -4.56. The molecule has 33 heavy (non-hydrogen) atoms. The molecule has 0 saturated carbocycles. The molecule has 0 aromatic rings. The molecule has 13 heteroatoms. The molecule has 0 N–H and O–H groups in total. The van der Waals surface area contributed by atoms with Crippen LogP contribution in [-0.2, 0) is 52.5 Å². The van der Waals surface area contributed by atoms with Crippen LogP contribution in [0.1, 0.15) is 61.3 Å². The normalized spacial score (nSPS) is 17.1. The highest BCUT2D eigenvalue weighted by Gasteiger charge is 2.73. The van der Waals surface area contributed by atoms with Crippen LogP contribution in [0.3, 0.4) is 0 Å². The Morgan fingerprint density at radius 2 is 1.21 bits per heavy atom. The van der Waals surface area contributed by atoms with Crippen LogP contribution in [-0.4, -0.2) is 63.8 Å². The summed E-state index contributed by atoms with van der Waals surface area (Å²) in [5.41, 5.74) is -4.64. The predicted octanol–water partition coefficient (Wildman–Crippen LogP) is 1.55. The van der Waals surface area contributed by atoms with Crippen molar-refractivity contribution in [2.24, 2.45) is 0 Å². The Bertz CT molecular complexity index is 799. The smallest absolute Gasteiger partial charge is 0.304 e. The van der Waals surface area contributed by atoms with Crippen molar-refractivity contribution < 1.29 is 52.5 Å². The summed E-state index contributed by atoms with van der Waals surface area (Å²) in [4.78, 5) is 70.0. The van der Waals surface area contributed by atoms with Gasteiger partial charge in [-0.3, -0.25) is 28.8 Å². The van der Waals surface area contributed by atoms with Gasteiger partial charge in [-0.25, -0.2) is 0 Å². The number of ether oxygens (including phenoxy) is 5. The lowest BCUT2D eigenvalue weighted by Crippen LogP contribution is -2.75. The van der Waals surface area contributed by atoms with Crippen molar-refractivity contribution in [2.75, 3.05) is 6.61 Å². The first-order chi connectivity index (χ1) is 15.0. The molecule has 0 spiro atoms. The maximum Gasteiger partial charge on any atom is 0.304 e. The van der Waals surface area contributed by atoms with Gasteiger partial charge in [-0.2, -0.15) is 0 Å². The fourth-order valence-corrected chi connectivity index (χ4v) is 4.46. The maximum atomic E-state index is 12.7. The molecule has 0 aliphatic heterocycles. The quantitative estimate of drug-likeness (QED) is 0.170. The van der Waals surface area contributed by atoms with E-state index in [1.165, 1.54) is 13.8 Å². The monoisotopic (exact) mass is 510 g/mol. The van der Waals surface area contributed by atoms with Crippen LogP contribution in [0.2, 0.25) is 0 Å². The van der Waals surface area contributed by atoms with E-state index >= 15 is 0 Å². The molecule has 0 bridgehead atoms. The molecule has 0 radical (unpaired) electrons. The predicted molar refractivity (Wildman–Crippen MR) is 119 cm³/mol. The zero-order valence-corrected chi connectivity index (χ0v) is 21.4. The minimum Gasteiger partial charge on any atom is -0.462 e. The van der Waals surface area contributed by atoms with Crippen molar-refractivity contribution in [1.29, 1.82) is 0 Å². The van der Waals surface area contributed by atoms with E-state index in [4.69, 9.17) is 23.7 Å². The molecule has 0 aliphatic rings. The Hall–Kier alpha value is -2.28. The molecule has 0 saturated heterocycles. The van der Waals surface area contributed by atoms with Crippen molar-refractivity contribution in [3.8, 4) is 0 Å². The zero-order chi connectivity index (χ0) is 26.2. The van der Waals surface area contributed by atoms with Crippen LogP contribution in [0.5, 0.6) is 0 Å². The number of rotatable bonds is 12. The summed E-state index contributed by atoms with van der Waals surface area (Å²) in [5, 5.41) is -1.18. The fraction of sp³-hybridized carbons (Fsp3) is 0.700. The highest BCUT2D eigenvalue weighted by Crippen LogP contribution is 2.51. The van der Waals surface area contributed by atoms with Crippen molar-refractivity contribution in [3.05, 3.63) is 0 Å². The van der Waals surface area contributed by atoms with Crippen LogP contribution >= 0.6 is 25.3 Å². The molecule has 0 amide bonds. The molecule has 0 heterocycles. The molecule has 0 aromatic carbocycles. The first-order valence-electron chi connectivity index (χ1n) is 9.90. The van der Waals surface area contributed by atoms with Crippen LogP contribution < -0.4 is 0 Å². The van der Waals surface area contributed by atoms with Gasteiger partial charge in [0.2, 0.25) is 10.7 Å². The lowest BCUT2D eigenvalue weighted by Gasteiger charge is -2.55. The lowest BCUT2D eigenvalue weighted by molar-refractivity contribution is -0.274. The van der Waals surface area contributed by atoms with E-state index in [0.29, 0.717) is 0 Å². The van der Waals surface area contributed by atoms with E-state index < -0.39 is 63.8 Å². The molecular weight excluding hydrogens is 480 g/mol. The van der Waals surface area contributed by atoms with Gasteiger partial charge in [-0.1, -0.05) is 13.8 Å². The van der Waals surface area contributed by atoms with Crippen molar-refractivity contribution in [1.82, 2.24) is 0 Å². The number of hydrogen-bond acceptors (Lipinski definition) is 12. The molecule has 0 aromatic heterocycles. The summed E-state index contributed by atoms with van der Waals surface area (Å²) in [6.45, 7) is 7.34. The van der Waals surface area contributed by atoms with Gasteiger partial charge in [-0.05, 0) is 12.8 Å². The van der Waals surface area contributed by atoms with E-state index in [1.54, 1.807) is 0 Å². The van der Waals surface area contributed by atoms with E-state index in [-0.39, 0.29) is 12.8 Å². The molecule has 0 rings (SSSR count). The minimum atomic E-state index is -2.64. The Kier molecular flexibility index (Phi) is 11.4. The van der Waals surface area contributed by atoms with Gasteiger partial charge < -0.3 is 23.7 Å². The van der Waals surface area contributed by atoms with E-state index in [0.717, 1.165) is 34.6 Å². The average molecular weight is 511 g/mol. The lowest BCUT2D eigenvalue weighted by atomic mass is 9.70. The second-order valence-electron chi connectivity index (χ2n) is 7.05. The molecular formula is C20H30O11S2. The Labute approximate surface area is 203 Å². The van der Waals surface area contributed by atoms with Gasteiger partial charge in [0.05, 0.1) is 0 Å². The van der Waals surface area contributed by atoms with Gasteiger partial charge in [0.25, 0.3) is 4.93 Å². The number of hydrogen-bond donors (Lipinski definition) is 2. The summed E-state index contributed by atoms with van der Waals surface area (Å²) in [6, 6.07) is 0. The van der Waals surface area contributed by atoms with E-state index in [2.05, 4.69) is 25.3 Å². The highest BCUT2D eigenvalue weighted by atomic mass is 32.1. The van der Waals surface area contributed by atoms with Gasteiger partial charge >= 0.3 is 29.8 Å². The fourth-order valence-electron chi connectivity index (χ4n) is 3.71. The third-order valence-electron chi connectivity index (χ3n) is 4.75. The minimum absolute atomic E-state index is 0.280. The number of carbonyl (C=O) groups is 6. The van der Waals surface area contributed by atoms with E-state index in [1.807, 2.05) is 0 Å². The summed E-state index contributed by atoms with van der Waals surface area (Å²) >= 11 is 8.06. The third kappa shape index (κ3) is 6.85.